The molecule has 0 bridgehead atoms. The van der Waals surface area contributed by atoms with E-state index in [0.29, 0.717) is 6.73 Å². The zero-order valence-electron chi connectivity index (χ0n) is 6.02. The van der Waals surface area contributed by atoms with Crippen LogP contribution in [0.1, 0.15) is 12.8 Å². The van der Waals surface area contributed by atoms with Gasteiger partial charge in [0.05, 0.1) is 6.73 Å². The lowest BCUT2D eigenvalue weighted by Crippen LogP contribution is -2.11. The van der Waals surface area contributed by atoms with Crippen LogP contribution in [0.25, 0.3) is 0 Å². The van der Waals surface area contributed by atoms with Crippen LogP contribution in [0.15, 0.2) is 12.7 Å². The third kappa shape index (κ3) is 7.66. The molecule has 2 nitrogen and oxygen atoms in total. The third-order valence-electron chi connectivity index (χ3n) is 0.943. The van der Waals surface area contributed by atoms with E-state index in [9.17, 15) is 0 Å². The third-order valence-corrected chi connectivity index (χ3v) is 0.943. The predicted octanol–water partition coefficient (Wildman–Crippen LogP) is 1.15. The summed E-state index contributed by atoms with van der Waals surface area (Å²) in [4.78, 5) is 0. The quantitative estimate of drug-likeness (QED) is 0.330. The number of hydrogen-bond donors (Lipinski definition) is 1. The molecule has 0 amide bonds. The van der Waals surface area contributed by atoms with Crippen LogP contribution in [0.2, 0.25) is 0 Å². The van der Waals surface area contributed by atoms with Gasteiger partial charge in [-0.2, -0.15) is 0 Å². The van der Waals surface area contributed by atoms with E-state index in [1.165, 1.54) is 0 Å². The Morgan fingerprint density at radius 2 is 2.44 bits per heavy atom. The second kappa shape index (κ2) is 7.66. The fourth-order valence-corrected chi connectivity index (χ4v) is 0.504. The molecule has 0 aromatic carbocycles. The van der Waals surface area contributed by atoms with Crippen LogP contribution >= 0.6 is 0 Å². The van der Waals surface area contributed by atoms with Crippen molar-refractivity contribution in [3.05, 3.63) is 12.7 Å². The number of unbranched alkanes of at least 4 members (excludes halogenated alkanes) is 1. The van der Waals surface area contributed by atoms with E-state index in [1.807, 2.05) is 13.1 Å². The van der Waals surface area contributed by atoms with E-state index in [-0.39, 0.29) is 0 Å². The standard InChI is InChI=1S/C7H15NO/c1-3-4-5-6-9-7-8-2/h3,8H,1,4-7H2,2H3. The van der Waals surface area contributed by atoms with Gasteiger partial charge in [0.25, 0.3) is 0 Å². The minimum absolute atomic E-state index is 0.650. The van der Waals surface area contributed by atoms with Gasteiger partial charge >= 0.3 is 0 Å². The lowest BCUT2D eigenvalue weighted by molar-refractivity contribution is 0.120. The Hall–Kier alpha value is -0.340. The van der Waals surface area contributed by atoms with Crippen LogP contribution in [-0.4, -0.2) is 20.4 Å². The topological polar surface area (TPSA) is 21.3 Å². The summed E-state index contributed by atoms with van der Waals surface area (Å²) >= 11 is 0. The van der Waals surface area contributed by atoms with Crippen molar-refractivity contribution in [2.24, 2.45) is 0 Å². The fourth-order valence-electron chi connectivity index (χ4n) is 0.504. The van der Waals surface area contributed by atoms with Gasteiger partial charge in [0.15, 0.2) is 0 Å². The molecule has 0 saturated carbocycles. The Morgan fingerprint density at radius 1 is 1.67 bits per heavy atom. The van der Waals surface area contributed by atoms with Gasteiger partial charge in [0, 0.05) is 6.61 Å². The largest absolute Gasteiger partial charge is 0.366 e. The Kier molecular flexibility index (Phi) is 7.37. The number of hydrogen-bond acceptors (Lipinski definition) is 2. The molecule has 0 atom stereocenters. The van der Waals surface area contributed by atoms with E-state index in [1.54, 1.807) is 0 Å². The molecule has 1 N–H and O–H groups in total. The zero-order valence-corrected chi connectivity index (χ0v) is 6.02. The molecule has 0 heterocycles. The van der Waals surface area contributed by atoms with Crippen LogP contribution in [-0.2, 0) is 4.74 Å². The molecule has 0 spiro atoms. The molecule has 0 saturated heterocycles. The lowest BCUT2D eigenvalue weighted by atomic mass is 10.3. The van der Waals surface area contributed by atoms with Gasteiger partial charge in [0.1, 0.15) is 0 Å². The van der Waals surface area contributed by atoms with Gasteiger partial charge in [-0.3, -0.25) is 5.32 Å². The average Bonchev–Trinajstić information content (AvgIpc) is 1.89. The molecule has 9 heavy (non-hydrogen) atoms. The van der Waals surface area contributed by atoms with Crippen molar-refractivity contribution in [1.82, 2.24) is 5.32 Å². The highest BCUT2D eigenvalue weighted by Gasteiger charge is 1.82. The fraction of sp³-hybridized carbons (Fsp3) is 0.714. The number of ether oxygens (including phenoxy) is 1. The summed E-state index contributed by atoms with van der Waals surface area (Å²) in [6, 6.07) is 0. The molecular weight excluding hydrogens is 114 g/mol. The summed E-state index contributed by atoms with van der Waals surface area (Å²) in [5.74, 6) is 0. The molecule has 0 aliphatic rings. The van der Waals surface area contributed by atoms with Crippen molar-refractivity contribution in [3.8, 4) is 0 Å². The first-order valence-electron chi connectivity index (χ1n) is 3.25. The first kappa shape index (κ1) is 8.66. The molecule has 0 aliphatic carbocycles. The molecule has 0 unspecified atom stereocenters. The first-order chi connectivity index (χ1) is 4.41. The predicted molar refractivity (Wildman–Crippen MR) is 39.3 cm³/mol. The maximum atomic E-state index is 5.13. The highest BCUT2D eigenvalue weighted by Crippen LogP contribution is 1.88. The smallest absolute Gasteiger partial charge is 0.0962 e. The minimum Gasteiger partial charge on any atom is -0.366 e. The zero-order chi connectivity index (χ0) is 6.95. The van der Waals surface area contributed by atoms with Crippen molar-refractivity contribution in [2.45, 2.75) is 12.8 Å². The van der Waals surface area contributed by atoms with E-state index in [2.05, 4.69) is 11.9 Å². The molecule has 0 radical (unpaired) electrons. The highest BCUT2D eigenvalue weighted by molar-refractivity contribution is 4.64. The second-order valence-corrected chi connectivity index (χ2v) is 1.84. The van der Waals surface area contributed by atoms with Crippen LogP contribution in [0.3, 0.4) is 0 Å². The highest BCUT2D eigenvalue weighted by atomic mass is 16.5. The number of rotatable bonds is 6. The van der Waals surface area contributed by atoms with Gasteiger partial charge < -0.3 is 4.74 Å². The number of nitrogens with one attached hydrogen (secondary N) is 1. The van der Waals surface area contributed by atoms with E-state index in [0.717, 1.165) is 19.4 Å². The molecule has 2 heteroatoms. The summed E-state index contributed by atoms with van der Waals surface area (Å²) in [5, 5.41) is 2.90. The minimum atomic E-state index is 0.650. The summed E-state index contributed by atoms with van der Waals surface area (Å²) in [6.07, 6.45) is 4.03. The lowest BCUT2D eigenvalue weighted by Gasteiger charge is -1.99. The maximum Gasteiger partial charge on any atom is 0.0962 e. The van der Waals surface area contributed by atoms with Crippen LogP contribution in [0, 0.1) is 0 Å². The van der Waals surface area contributed by atoms with E-state index >= 15 is 0 Å². The van der Waals surface area contributed by atoms with Crippen LogP contribution < -0.4 is 5.32 Å². The number of allylic oxidation sites excluding steroid dienone is 1. The van der Waals surface area contributed by atoms with Gasteiger partial charge in [-0.15, -0.1) is 6.58 Å². The van der Waals surface area contributed by atoms with Gasteiger partial charge in [0.2, 0.25) is 0 Å². The first-order valence-corrected chi connectivity index (χ1v) is 3.25. The van der Waals surface area contributed by atoms with Gasteiger partial charge in [-0.25, -0.2) is 0 Å². The molecule has 54 valence electrons. The summed E-state index contributed by atoms with van der Waals surface area (Å²) < 4.78 is 5.13. The second-order valence-electron chi connectivity index (χ2n) is 1.84. The molecule has 0 aromatic rings. The van der Waals surface area contributed by atoms with E-state index in [4.69, 9.17) is 4.74 Å². The normalized spacial score (nSPS) is 9.44. The van der Waals surface area contributed by atoms with Crippen LogP contribution in [0.4, 0.5) is 0 Å². The Bertz CT molecular complexity index is 63.9. The summed E-state index contributed by atoms with van der Waals surface area (Å²) in [5.41, 5.74) is 0. The molecule has 0 aliphatic heterocycles. The Balaban J connectivity index is 2.66. The summed E-state index contributed by atoms with van der Waals surface area (Å²) in [7, 11) is 1.87. The molecule has 0 aromatic heterocycles. The SMILES string of the molecule is C=CCCCOCNC. The molecule has 0 fully saturated rings. The van der Waals surface area contributed by atoms with Gasteiger partial charge in [-0.1, -0.05) is 6.08 Å². The summed E-state index contributed by atoms with van der Waals surface area (Å²) in [6.45, 7) is 5.08. The van der Waals surface area contributed by atoms with Crippen molar-refractivity contribution in [3.63, 3.8) is 0 Å². The maximum absolute atomic E-state index is 5.13. The van der Waals surface area contributed by atoms with Crippen molar-refractivity contribution < 1.29 is 4.74 Å². The monoisotopic (exact) mass is 129 g/mol. The van der Waals surface area contributed by atoms with Gasteiger partial charge in [-0.05, 0) is 19.9 Å². The molecular formula is C7H15NO. The van der Waals surface area contributed by atoms with E-state index < -0.39 is 0 Å². The Morgan fingerprint density at radius 3 is 3.00 bits per heavy atom. The molecule has 0 rings (SSSR count). The Labute approximate surface area is 56.9 Å². The van der Waals surface area contributed by atoms with Crippen molar-refractivity contribution in [1.29, 1.82) is 0 Å². The average molecular weight is 129 g/mol. The van der Waals surface area contributed by atoms with Crippen molar-refractivity contribution in [2.75, 3.05) is 20.4 Å². The van der Waals surface area contributed by atoms with Crippen molar-refractivity contribution >= 4 is 0 Å². The van der Waals surface area contributed by atoms with Crippen LogP contribution in [0.5, 0.6) is 0 Å².